The zero-order valence-electron chi connectivity index (χ0n) is 13.9. The summed E-state index contributed by atoms with van der Waals surface area (Å²) in [5, 5.41) is 47.1. The highest BCUT2D eigenvalue weighted by Gasteiger charge is 2.56. The smallest absolute Gasteiger partial charge is 0.382 e. The molecule has 0 aromatic heterocycles. The van der Waals surface area contributed by atoms with Crippen molar-refractivity contribution in [2.45, 2.75) is 30.7 Å². The highest BCUT2D eigenvalue weighted by atomic mass is 17.1. The lowest BCUT2D eigenvalue weighted by Crippen LogP contribution is -2.48. The first-order valence-electron chi connectivity index (χ1n) is 8.02. The molecule has 3 atom stereocenters. The Labute approximate surface area is 149 Å². The van der Waals surface area contributed by atoms with E-state index >= 15 is 0 Å². The highest BCUT2D eigenvalue weighted by molar-refractivity contribution is 5.90. The van der Waals surface area contributed by atoms with E-state index in [-0.39, 0.29) is 12.2 Å². The van der Waals surface area contributed by atoms with Crippen LogP contribution in [0.5, 0.6) is 0 Å². The topological polar surface area (TPSA) is 146 Å². The predicted molar refractivity (Wildman–Crippen MR) is 86.5 cm³/mol. The van der Waals surface area contributed by atoms with Gasteiger partial charge >= 0.3 is 5.97 Å². The second-order valence-electron chi connectivity index (χ2n) is 5.86. The van der Waals surface area contributed by atoms with Gasteiger partial charge in [-0.05, 0) is 12.0 Å². The molecule has 0 radical (unpaired) electrons. The molecule has 1 unspecified atom stereocenters. The fourth-order valence-corrected chi connectivity index (χ4v) is 2.71. The van der Waals surface area contributed by atoms with Crippen LogP contribution in [0.1, 0.15) is 12.0 Å². The Morgan fingerprint density at radius 1 is 1.12 bits per heavy atom. The number of rotatable bonds is 10. The molecule has 0 fully saturated rings. The molecule has 1 heterocycles. The van der Waals surface area contributed by atoms with Crippen LogP contribution in [-0.2, 0) is 25.6 Å². The van der Waals surface area contributed by atoms with Gasteiger partial charge in [-0.3, -0.25) is 0 Å². The molecule has 0 saturated heterocycles. The van der Waals surface area contributed by atoms with E-state index in [2.05, 4.69) is 4.89 Å². The fraction of sp³-hybridized carbons (Fsp3) is 0.471. The summed E-state index contributed by atoms with van der Waals surface area (Å²) in [7, 11) is 0. The van der Waals surface area contributed by atoms with Crippen LogP contribution in [0.3, 0.4) is 0 Å². The first kappa shape index (κ1) is 20.1. The van der Waals surface area contributed by atoms with Crippen molar-refractivity contribution in [3.63, 3.8) is 0 Å². The number of aryl methyl sites for hydroxylation is 1. The molecule has 0 spiro atoms. The van der Waals surface area contributed by atoms with Gasteiger partial charge in [0.05, 0.1) is 13.2 Å². The van der Waals surface area contributed by atoms with Crippen LogP contribution in [0, 0.1) is 0 Å². The van der Waals surface area contributed by atoms with Gasteiger partial charge in [0.15, 0.2) is 5.76 Å². The lowest BCUT2D eigenvalue weighted by Gasteiger charge is -2.33. The van der Waals surface area contributed by atoms with Crippen molar-refractivity contribution in [1.82, 2.24) is 0 Å². The maximum absolute atomic E-state index is 12.0. The van der Waals surface area contributed by atoms with E-state index in [4.69, 9.17) is 19.8 Å². The largest absolute Gasteiger partial charge is 0.487 e. The van der Waals surface area contributed by atoms with Gasteiger partial charge < -0.3 is 34.8 Å². The van der Waals surface area contributed by atoms with Gasteiger partial charge in [-0.1, -0.05) is 30.3 Å². The Hall–Kier alpha value is -2.17. The van der Waals surface area contributed by atoms with Crippen molar-refractivity contribution in [2.24, 2.45) is 0 Å². The van der Waals surface area contributed by atoms with Crippen LogP contribution >= 0.6 is 0 Å². The SMILES string of the molecule is O=C1O[C@](CCc2ccccc2)([C@@H](O)CO)C(OCC(O)CO)=C1OO. The summed E-state index contributed by atoms with van der Waals surface area (Å²) < 4.78 is 10.6. The first-order chi connectivity index (χ1) is 12.5. The van der Waals surface area contributed by atoms with E-state index in [1.54, 1.807) is 0 Å². The molecule has 144 valence electrons. The second kappa shape index (κ2) is 8.97. The second-order valence-corrected chi connectivity index (χ2v) is 5.86. The van der Waals surface area contributed by atoms with E-state index < -0.39 is 49.4 Å². The number of ether oxygens (including phenoxy) is 2. The third kappa shape index (κ3) is 4.14. The molecule has 0 aliphatic carbocycles. The van der Waals surface area contributed by atoms with Crippen molar-refractivity contribution in [3.05, 3.63) is 47.4 Å². The van der Waals surface area contributed by atoms with Gasteiger partial charge in [-0.15, -0.1) is 0 Å². The number of carbonyl (C=O) groups excluding carboxylic acids is 1. The molecule has 9 heteroatoms. The van der Waals surface area contributed by atoms with Crippen molar-refractivity contribution in [2.75, 3.05) is 19.8 Å². The van der Waals surface area contributed by atoms with Gasteiger partial charge in [-0.2, -0.15) is 0 Å². The Morgan fingerprint density at radius 2 is 1.81 bits per heavy atom. The fourth-order valence-electron chi connectivity index (χ4n) is 2.71. The highest BCUT2D eigenvalue weighted by Crippen LogP contribution is 2.40. The number of carbonyl (C=O) groups is 1. The average molecular weight is 370 g/mol. The summed E-state index contributed by atoms with van der Waals surface area (Å²) >= 11 is 0. The normalized spacial score (nSPS) is 22.1. The van der Waals surface area contributed by atoms with E-state index in [1.165, 1.54) is 0 Å². The van der Waals surface area contributed by atoms with Crippen molar-refractivity contribution in [3.8, 4) is 0 Å². The summed E-state index contributed by atoms with van der Waals surface area (Å²) in [4.78, 5) is 16.1. The van der Waals surface area contributed by atoms with Crippen LogP contribution in [-0.4, -0.2) is 69.3 Å². The molecule has 2 rings (SSSR count). The minimum Gasteiger partial charge on any atom is -0.487 e. The van der Waals surface area contributed by atoms with E-state index in [1.807, 2.05) is 30.3 Å². The molecule has 1 aromatic rings. The number of aliphatic hydroxyl groups is 4. The summed E-state index contributed by atoms with van der Waals surface area (Å²) in [6.07, 6.45) is -2.47. The Balaban J connectivity index is 2.33. The zero-order valence-corrected chi connectivity index (χ0v) is 13.9. The van der Waals surface area contributed by atoms with Crippen LogP contribution in [0.15, 0.2) is 41.9 Å². The molecule has 0 bridgehead atoms. The van der Waals surface area contributed by atoms with E-state index in [0.717, 1.165) is 5.56 Å². The number of cyclic esters (lactones) is 1. The van der Waals surface area contributed by atoms with E-state index in [9.17, 15) is 20.1 Å². The number of aliphatic hydroxyl groups excluding tert-OH is 4. The zero-order chi connectivity index (χ0) is 19.2. The third-order valence-corrected chi connectivity index (χ3v) is 4.11. The maximum atomic E-state index is 12.0. The minimum atomic E-state index is -1.81. The van der Waals surface area contributed by atoms with Crippen molar-refractivity contribution in [1.29, 1.82) is 0 Å². The number of hydrogen-bond acceptors (Lipinski definition) is 9. The Bertz CT molecular complexity index is 630. The maximum Gasteiger partial charge on any atom is 0.382 e. The van der Waals surface area contributed by atoms with Gasteiger partial charge in [0, 0.05) is 6.42 Å². The molecule has 1 aliphatic heterocycles. The predicted octanol–water partition coefficient (Wildman–Crippen LogP) is -0.661. The minimum absolute atomic E-state index is 0.0158. The van der Waals surface area contributed by atoms with Crippen molar-refractivity contribution >= 4 is 5.97 Å². The standard InChI is InChI=1S/C17H22O9/c18-8-12(20)10-24-15-14(26-23)16(22)25-17(15,13(21)9-19)7-6-11-4-2-1-3-5-11/h1-5,12-13,18-21,23H,6-10H2/t12?,13-,17+/m0/s1. The molecule has 26 heavy (non-hydrogen) atoms. The molecule has 1 aromatic carbocycles. The summed E-state index contributed by atoms with van der Waals surface area (Å²) in [6.45, 7) is -1.80. The average Bonchev–Trinajstić information content (AvgIpc) is 2.96. The van der Waals surface area contributed by atoms with Gasteiger partial charge in [0.2, 0.25) is 5.60 Å². The molecule has 9 nitrogen and oxygen atoms in total. The molecular weight excluding hydrogens is 348 g/mol. The molecule has 0 amide bonds. The van der Waals surface area contributed by atoms with Gasteiger partial charge in [0.1, 0.15) is 18.8 Å². The van der Waals surface area contributed by atoms with Crippen LogP contribution in [0.25, 0.3) is 0 Å². The van der Waals surface area contributed by atoms with Crippen LogP contribution in [0.4, 0.5) is 0 Å². The number of benzene rings is 1. The molecule has 5 N–H and O–H groups in total. The summed E-state index contributed by atoms with van der Waals surface area (Å²) in [5.41, 5.74) is -0.935. The number of hydrogen-bond donors (Lipinski definition) is 5. The summed E-state index contributed by atoms with van der Waals surface area (Å²) in [5.74, 6) is -2.12. The van der Waals surface area contributed by atoms with Gasteiger partial charge in [0.25, 0.3) is 5.76 Å². The molecule has 1 aliphatic rings. The Kier molecular flexibility index (Phi) is 6.95. The van der Waals surface area contributed by atoms with Crippen LogP contribution < -0.4 is 0 Å². The molecular formula is C17H22O9. The van der Waals surface area contributed by atoms with Gasteiger partial charge in [-0.25, -0.2) is 10.1 Å². The number of esters is 1. The lowest BCUT2D eigenvalue weighted by atomic mass is 9.87. The van der Waals surface area contributed by atoms with E-state index in [0.29, 0.717) is 6.42 Å². The monoisotopic (exact) mass is 370 g/mol. The summed E-state index contributed by atoms with van der Waals surface area (Å²) in [6, 6.07) is 9.13. The quantitative estimate of drug-likeness (QED) is 0.206. The molecule has 0 saturated carbocycles. The first-order valence-corrected chi connectivity index (χ1v) is 8.02. The Morgan fingerprint density at radius 3 is 2.38 bits per heavy atom. The van der Waals surface area contributed by atoms with Crippen molar-refractivity contribution < 1.29 is 44.8 Å². The lowest BCUT2D eigenvalue weighted by molar-refractivity contribution is -0.211. The third-order valence-electron chi connectivity index (χ3n) is 4.11. The van der Waals surface area contributed by atoms with Crippen LogP contribution in [0.2, 0.25) is 0 Å².